The Kier molecular flexibility index (Phi) is 5.76. The molecular weight excluding hydrogens is 263 g/mol. The zero-order chi connectivity index (χ0) is 15.1. The highest BCUT2D eigenvalue weighted by Gasteiger charge is 2.16. The van der Waals surface area contributed by atoms with Gasteiger partial charge in [0.15, 0.2) is 0 Å². The maximum Gasteiger partial charge on any atom is 0.147 e. The third-order valence-electron chi connectivity index (χ3n) is 3.47. The van der Waals surface area contributed by atoms with E-state index in [4.69, 9.17) is 0 Å². The molecule has 0 spiro atoms. The van der Waals surface area contributed by atoms with Gasteiger partial charge in [-0.1, -0.05) is 37.3 Å². The van der Waals surface area contributed by atoms with Gasteiger partial charge in [0.25, 0.3) is 0 Å². The first kappa shape index (κ1) is 15.5. The number of benzene rings is 2. The average molecular weight is 286 g/mol. The Balaban J connectivity index is 2.35. The lowest BCUT2D eigenvalue weighted by Crippen LogP contribution is -2.22. The van der Waals surface area contributed by atoms with Crippen molar-refractivity contribution < 1.29 is 4.39 Å². The van der Waals surface area contributed by atoms with E-state index in [9.17, 15) is 4.39 Å². The number of halogens is 1. The largest absolute Gasteiger partial charge is 0.339 e. The lowest BCUT2D eigenvalue weighted by molar-refractivity contribution is 0.617. The number of hydrogen-bond acceptors (Lipinski definition) is 2. The minimum atomic E-state index is -0.170. The molecule has 0 fully saturated rings. The fourth-order valence-electron chi connectivity index (χ4n) is 2.48. The average Bonchev–Trinajstić information content (AvgIpc) is 2.52. The summed E-state index contributed by atoms with van der Waals surface area (Å²) in [6, 6.07) is 15.3. The molecule has 2 aromatic carbocycles. The summed E-state index contributed by atoms with van der Waals surface area (Å²) < 4.78 is 14.4. The molecule has 0 bridgehead atoms. The highest BCUT2D eigenvalue weighted by atomic mass is 19.1. The van der Waals surface area contributed by atoms with Crippen molar-refractivity contribution in [2.75, 3.05) is 18.0 Å². The van der Waals surface area contributed by atoms with Crippen LogP contribution in [0, 0.1) is 5.82 Å². The third kappa shape index (κ3) is 3.82. The van der Waals surface area contributed by atoms with Crippen molar-refractivity contribution in [3.8, 4) is 0 Å². The predicted octanol–water partition coefficient (Wildman–Crippen LogP) is 4.48. The molecule has 0 aliphatic carbocycles. The SMILES string of the molecule is CCCNCc1cccc(F)c1N(CC)c1ccccc1. The summed E-state index contributed by atoms with van der Waals surface area (Å²) in [6.07, 6.45) is 1.07. The fourth-order valence-corrected chi connectivity index (χ4v) is 2.48. The lowest BCUT2D eigenvalue weighted by Gasteiger charge is -2.26. The second-order valence-electron chi connectivity index (χ2n) is 5.00. The molecule has 2 aromatic rings. The quantitative estimate of drug-likeness (QED) is 0.755. The normalized spacial score (nSPS) is 10.6. The topological polar surface area (TPSA) is 15.3 Å². The van der Waals surface area contributed by atoms with Crippen LogP contribution in [0.4, 0.5) is 15.8 Å². The molecule has 0 saturated heterocycles. The Labute approximate surface area is 126 Å². The summed E-state index contributed by atoms with van der Waals surface area (Å²) in [5, 5.41) is 3.36. The van der Waals surface area contributed by atoms with Gasteiger partial charge < -0.3 is 10.2 Å². The molecule has 1 N–H and O–H groups in total. The molecular formula is C18H23FN2. The predicted molar refractivity (Wildman–Crippen MR) is 87.5 cm³/mol. The van der Waals surface area contributed by atoms with Crippen LogP contribution in [-0.2, 0) is 6.54 Å². The van der Waals surface area contributed by atoms with Gasteiger partial charge >= 0.3 is 0 Å². The number of rotatable bonds is 7. The van der Waals surface area contributed by atoms with Crippen LogP contribution in [0.5, 0.6) is 0 Å². The minimum Gasteiger partial charge on any atom is -0.339 e. The molecule has 3 heteroatoms. The molecule has 0 unspecified atom stereocenters. The molecule has 0 aliphatic heterocycles. The summed E-state index contributed by atoms with van der Waals surface area (Å²) in [6.45, 7) is 6.52. The van der Waals surface area contributed by atoms with E-state index in [1.54, 1.807) is 6.07 Å². The van der Waals surface area contributed by atoms with E-state index < -0.39 is 0 Å². The Morgan fingerprint density at radius 3 is 2.43 bits per heavy atom. The summed E-state index contributed by atoms with van der Waals surface area (Å²) in [5.41, 5.74) is 2.69. The number of anilines is 2. The van der Waals surface area contributed by atoms with Crippen molar-refractivity contribution in [2.45, 2.75) is 26.8 Å². The lowest BCUT2D eigenvalue weighted by atomic mass is 10.1. The minimum absolute atomic E-state index is 0.170. The monoisotopic (exact) mass is 286 g/mol. The molecule has 0 amide bonds. The van der Waals surface area contributed by atoms with Crippen LogP contribution >= 0.6 is 0 Å². The summed E-state index contributed by atoms with van der Waals surface area (Å²) in [7, 11) is 0. The number of para-hydroxylation sites is 2. The van der Waals surface area contributed by atoms with Gasteiger partial charge in [0.2, 0.25) is 0 Å². The van der Waals surface area contributed by atoms with Gasteiger partial charge in [-0.05, 0) is 43.7 Å². The molecule has 21 heavy (non-hydrogen) atoms. The molecule has 2 nitrogen and oxygen atoms in total. The Hall–Kier alpha value is -1.87. The Bertz CT molecular complexity index is 554. The van der Waals surface area contributed by atoms with Crippen LogP contribution in [0.1, 0.15) is 25.8 Å². The molecule has 0 radical (unpaired) electrons. The van der Waals surface area contributed by atoms with Gasteiger partial charge in [-0.2, -0.15) is 0 Å². The molecule has 2 rings (SSSR count). The van der Waals surface area contributed by atoms with Gasteiger partial charge in [-0.25, -0.2) is 4.39 Å². The Morgan fingerprint density at radius 2 is 1.76 bits per heavy atom. The van der Waals surface area contributed by atoms with Gasteiger partial charge in [0.05, 0.1) is 5.69 Å². The zero-order valence-corrected chi connectivity index (χ0v) is 12.8. The van der Waals surface area contributed by atoms with Crippen molar-refractivity contribution in [2.24, 2.45) is 0 Å². The van der Waals surface area contributed by atoms with Crippen molar-refractivity contribution in [3.05, 3.63) is 59.9 Å². The zero-order valence-electron chi connectivity index (χ0n) is 12.8. The van der Waals surface area contributed by atoms with Crippen LogP contribution in [0.15, 0.2) is 48.5 Å². The first-order chi connectivity index (χ1) is 10.3. The summed E-state index contributed by atoms with van der Waals surface area (Å²) in [4.78, 5) is 2.03. The van der Waals surface area contributed by atoms with Crippen molar-refractivity contribution in [3.63, 3.8) is 0 Å². The molecule has 0 saturated carbocycles. The fraction of sp³-hybridized carbons (Fsp3) is 0.333. The smallest absolute Gasteiger partial charge is 0.147 e. The highest BCUT2D eigenvalue weighted by Crippen LogP contribution is 2.31. The van der Waals surface area contributed by atoms with Crippen molar-refractivity contribution in [1.29, 1.82) is 0 Å². The number of hydrogen-bond donors (Lipinski definition) is 1. The maximum absolute atomic E-state index is 14.4. The second kappa shape index (κ2) is 7.79. The third-order valence-corrected chi connectivity index (χ3v) is 3.47. The van der Waals surface area contributed by atoms with Gasteiger partial charge in [0.1, 0.15) is 5.82 Å². The summed E-state index contributed by atoms with van der Waals surface area (Å²) in [5.74, 6) is -0.170. The van der Waals surface area contributed by atoms with Gasteiger partial charge in [-0.15, -0.1) is 0 Å². The van der Waals surface area contributed by atoms with Crippen molar-refractivity contribution >= 4 is 11.4 Å². The number of nitrogens with one attached hydrogen (secondary N) is 1. The maximum atomic E-state index is 14.4. The van der Waals surface area contributed by atoms with Gasteiger partial charge in [-0.3, -0.25) is 0 Å². The standard InChI is InChI=1S/C18H23FN2/c1-3-13-20-14-15-9-8-12-17(19)18(15)21(4-2)16-10-6-5-7-11-16/h5-12,20H,3-4,13-14H2,1-2H3. The highest BCUT2D eigenvalue weighted by molar-refractivity contribution is 5.67. The second-order valence-corrected chi connectivity index (χ2v) is 5.00. The molecule has 0 aliphatic rings. The van der Waals surface area contributed by atoms with E-state index in [0.717, 1.165) is 30.8 Å². The molecule has 112 valence electrons. The van der Waals surface area contributed by atoms with E-state index in [1.807, 2.05) is 48.2 Å². The van der Waals surface area contributed by atoms with Crippen LogP contribution in [0.2, 0.25) is 0 Å². The van der Waals surface area contributed by atoms with E-state index in [1.165, 1.54) is 6.07 Å². The van der Waals surface area contributed by atoms with Crippen LogP contribution in [-0.4, -0.2) is 13.1 Å². The van der Waals surface area contributed by atoms with E-state index >= 15 is 0 Å². The molecule has 0 heterocycles. The number of nitrogens with zero attached hydrogens (tertiary/aromatic N) is 1. The Morgan fingerprint density at radius 1 is 1.00 bits per heavy atom. The van der Waals surface area contributed by atoms with E-state index in [2.05, 4.69) is 12.2 Å². The first-order valence-electron chi connectivity index (χ1n) is 7.58. The molecule has 0 atom stereocenters. The van der Waals surface area contributed by atoms with E-state index in [-0.39, 0.29) is 5.82 Å². The molecule has 0 aromatic heterocycles. The van der Waals surface area contributed by atoms with Crippen LogP contribution < -0.4 is 10.2 Å². The van der Waals surface area contributed by atoms with Gasteiger partial charge in [0, 0.05) is 18.8 Å². The first-order valence-corrected chi connectivity index (χ1v) is 7.58. The summed E-state index contributed by atoms with van der Waals surface area (Å²) >= 11 is 0. The van der Waals surface area contributed by atoms with E-state index in [0.29, 0.717) is 12.2 Å². The van der Waals surface area contributed by atoms with Crippen LogP contribution in [0.25, 0.3) is 0 Å². The van der Waals surface area contributed by atoms with Crippen molar-refractivity contribution in [1.82, 2.24) is 5.32 Å². The van der Waals surface area contributed by atoms with Crippen LogP contribution in [0.3, 0.4) is 0 Å².